The van der Waals surface area contributed by atoms with Crippen LogP contribution in [0.25, 0.3) is 0 Å². The summed E-state index contributed by atoms with van der Waals surface area (Å²) < 4.78 is 1.00. The summed E-state index contributed by atoms with van der Waals surface area (Å²) in [5, 5.41) is 3.37. The molecular formula is C14H25BrN4. The third-order valence-electron chi connectivity index (χ3n) is 2.80. The zero-order chi connectivity index (χ0) is 14.4. The highest BCUT2D eigenvalue weighted by Gasteiger charge is 2.14. The first-order chi connectivity index (χ1) is 8.95. The molecule has 1 N–H and O–H groups in total. The zero-order valence-electron chi connectivity index (χ0n) is 12.6. The van der Waals surface area contributed by atoms with E-state index in [1.165, 1.54) is 0 Å². The Balaban J connectivity index is 3.00. The van der Waals surface area contributed by atoms with Crippen LogP contribution in [0.3, 0.4) is 0 Å². The maximum atomic E-state index is 4.69. The normalized spacial score (nSPS) is 11.4. The Morgan fingerprint density at radius 3 is 2.47 bits per heavy atom. The van der Waals surface area contributed by atoms with Crippen molar-refractivity contribution >= 4 is 21.7 Å². The minimum atomic E-state index is 0.387. The standard InChI is InChI=1S/C14H25BrN4/c1-6-8-16-14-12(15)13(10(2)3)17-11(18-14)7-9-19(4)5/h10H,6-9H2,1-5H3,(H,16,17,18). The summed E-state index contributed by atoms with van der Waals surface area (Å²) in [5.74, 6) is 2.23. The van der Waals surface area contributed by atoms with Gasteiger partial charge in [-0.15, -0.1) is 0 Å². The molecule has 0 aliphatic carbocycles. The number of hydrogen-bond donors (Lipinski definition) is 1. The SMILES string of the molecule is CCCNc1nc(CCN(C)C)nc(C(C)C)c1Br. The first kappa shape index (κ1) is 16.4. The van der Waals surface area contributed by atoms with Crippen molar-refractivity contribution in [2.75, 3.05) is 32.5 Å². The number of rotatable bonds is 7. The summed E-state index contributed by atoms with van der Waals surface area (Å²) in [4.78, 5) is 11.5. The third kappa shape index (κ3) is 5.07. The van der Waals surface area contributed by atoms with Crippen LogP contribution in [0.15, 0.2) is 4.47 Å². The highest BCUT2D eigenvalue weighted by Crippen LogP contribution is 2.28. The Morgan fingerprint density at radius 2 is 1.95 bits per heavy atom. The van der Waals surface area contributed by atoms with Crippen molar-refractivity contribution in [1.29, 1.82) is 0 Å². The molecule has 108 valence electrons. The molecule has 0 spiro atoms. The molecule has 0 fully saturated rings. The monoisotopic (exact) mass is 328 g/mol. The average molecular weight is 329 g/mol. The largest absolute Gasteiger partial charge is 0.369 e. The molecule has 5 heteroatoms. The van der Waals surface area contributed by atoms with E-state index in [0.29, 0.717) is 5.92 Å². The number of nitrogens with one attached hydrogen (secondary N) is 1. The molecule has 0 atom stereocenters. The number of hydrogen-bond acceptors (Lipinski definition) is 4. The predicted molar refractivity (Wildman–Crippen MR) is 84.9 cm³/mol. The number of aromatic nitrogens is 2. The summed E-state index contributed by atoms with van der Waals surface area (Å²) >= 11 is 3.63. The van der Waals surface area contributed by atoms with Crippen LogP contribution in [-0.2, 0) is 6.42 Å². The molecule has 0 saturated carbocycles. The van der Waals surface area contributed by atoms with Gasteiger partial charge in [0.1, 0.15) is 11.6 Å². The lowest BCUT2D eigenvalue weighted by Gasteiger charge is -2.15. The molecular weight excluding hydrogens is 304 g/mol. The van der Waals surface area contributed by atoms with Gasteiger partial charge in [0.2, 0.25) is 0 Å². The van der Waals surface area contributed by atoms with E-state index in [1.54, 1.807) is 0 Å². The van der Waals surface area contributed by atoms with Crippen molar-refractivity contribution in [2.24, 2.45) is 0 Å². The summed E-state index contributed by atoms with van der Waals surface area (Å²) in [6.45, 7) is 8.36. The van der Waals surface area contributed by atoms with Gasteiger partial charge in [0.15, 0.2) is 0 Å². The zero-order valence-corrected chi connectivity index (χ0v) is 14.2. The number of halogens is 1. The molecule has 0 aromatic carbocycles. The van der Waals surface area contributed by atoms with E-state index in [-0.39, 0.29) is 0 Å². The molecule has 0 amide bonds. The summed E-state index contributed by atoms with van der Waals surface area (Å²) in [6, 6.07) is 0. The maximum Gasteiger partial charge on any atom is 0.144 e. The molecule has 0 radical (unpaired) electrons. The Hall–Kier alpha value is -0.680. The van der Waals surface area contributed by atoms with Crippen molar-refractivity contribution < 1.29 is 0 Å². The number of anilines is 1. The van der Waals surface area contributed by atoms with Gasteiger partial charge in [-0.2, -0.15) is 0 Å². The van der Waals surface area contributed by atoms with Crippen molar-refractivity contribution in [3.05, 3.63) is 16.0 Å². The van der Waals surface area contributed by atoms with Gasteiger partial charge in [-0.25, -0.2) is 9.97 Å². The molecule has 19 heavy (non-hydrogen) atoms. The van der Waals surface area contributed by atoms with E-state index in [0.717, 1.165) is 47.7 Å². The first-order valence-corrected chi connectivity index (χ1v) is 7.69. The highest BCUT2D eigenvalue weighted by molar-refractivity contribution is 9.10. The predicted octanol–water partition coefficient (Wildman–Crippen LogP) is 3.29. The Kier molecular flexibility index (Phi) is 6.72. The summed E-state index contributed by atoms with van der Waals surface area (Å²) in [6.07, 6.45) is 1.96. The van der Waals surface area contributed by atoms with E-state index >= 15 is 0 Å². The lowest BCUT2D eigenvalue weighted by molar-refractivity contribution is 0.409. The quantitative estimate of drug-likeness (QED) is 0.833. The topological polar surface area (TPSA) is 41.1 Å². The second kappa shape index (κ2) is 7.80. The maximum absolute atomic E-state index is 4.69. The molecule has 0 aliphatic rings. The van der Waals surface area contributed by atoms with Crippen LogP contribution >= 0.6 is 15.9 Å². The minimum Gasteiger partial charge on any atom is -0.369 e. The van der Waals surface area contributed by atoms with E-state index in [2.05, 4.69) is 71.0 Å². The average Bonchev–Trinajstić information content (AvgIpc) is 2.35. The van der Waals surface area contributed by atoms with Crippen LogP contribution in [0.5, 0.6) is 0 Å². The van der Waals surface area contributed by atoms with Crippen LogP contribution < -0.4 is 5.32 Å². The van der Waals surface area contributed by atoms with Crippen molar-refractivity contribution in [3.63, 3.8) is 0 Å². The van der Waals surface area contributed by atoms with Gasteiger partial charge in [-0.3, -0.25) is 0 Å². The van der Waals surface area contributed by atoms with Gasteiger partial charge in [-0.1, -0.05) is 20.8 Å². The second-order valence-electron chi connectivity index (χ2n) is 5.32. The Bertz CT molecular complexity index is 405. The molecule has 0 bridgehead atoms. The molecule has 1 aromatic rings. The first-order valence-electron chi connectivity index (χ1n) is 6.90. The number of nitrogens with zero attached hydrogens (tertiary/aromatic N) is 3. The Labute approximate surface area is 125 Å². The smallest absolute Gasteiger partial charge is 0.144 e. The van der Waals surface area contributed by atoms with Crippen molar-refractivity contribution in [1.82, 2.24) is 14.9 Å². The molecule has 1 aromatic heterocycles. The van der Waals surface area contributed by atoms with E-state index in [4.69, 9.17) is 0 Å². The fourth-order valence-electron chi connectivity index (χ4n) is 1.69. The van der Waals surface area contributed by atoms with Gasteiger partial charge in [0.25, 0.3) is 0 Å². The van der Waals surface area contributed by atoms with Crippen LogP contribution in [0.1, 0.15) is 44.6 Å². The van der Waals surface area contributed by atoms with Gasteiger partial charge >= 0.3 is 0 Å². The molecule has 4 nitrogen and oxygen atoms in total. The van der Waals surface area contributed by atoms with Crippen LogP contribution in [0.4, 0.5) is 5.82 Å². The van der Waals surface area contributed by atoms with Crippen LogP contribution in [0, 0.1) is 0 Å². The second-order valence-corrected chi connectivity index (χ2v) is 6.12. The number of likely N-dealkylation sites (N-methyl/N-ethyl adjacent to an activating group) is 1. The van der Waals surface area contributed by atoms with E-state index in [9.17, 15) is 0 Å². The molecule has 0 unspecified atom stereocenters. The highest BCUT2D eigenvalue weighted by atomic mass is 79.9. The summed E-state index contributed by atoms with van der Waals surface area (Å²) in [7, 11) is 4.14. The lowest BCUT2D eigenvalue weighted by atomic mass is 10.1. The molecule has 0 aliphatic heterocycles. The minimum absolute atomic E-state index is 0.387. The van der Waals surface area contributed by atoms with Crippen LogP contribution in [-0.4, -0.2) is 42.1 Å². The lowest BCUT2D eigenvalue weighted by Crippen LogP contribution is -2.18. The van der Waals surface area contributed by atoms with Crippen LogP contribution in [0.2, 0.25) is 0 Å². The molecule has 1 rings (SSSR count). The van der Waals surface area contributed by atoms with Gasteiger partial charge < -0.3 is 10.2 Å². The van der Waals surface area contributed by atoms with Crippen molar-refractivity contribution in [3.8, 4) is 0 Å². The molecule has 1 heterocycles. The fraction of sp³-hybridized carbons (Fsp3) is 0.714. The van der Waals surface area contributed by atoms with E-state index < -0.39 is 0 Å². The van der Waals surface area contributed by atoms with Gasteiger partial charge in [-0.05, 0) is 42.4 Å². The molecule has 0 saturated heterocycles. The van der Waals surface area contributed by atoms with E-state index in [1.807, 2.05) is 0 Å². The third-order valence-corrected chi connectivity index (χ3v) is 3.58. The van der Waals surface area contributed by atoms with Gasteiger partial charge in [0.05, 0.1) is 10.2 Å². The fourth-order valence-corrected chi connectivity index (χ4v) is 2.47. The van der Waals surface area contributed by atoms with Gasteiger partial charge in [0, 0.05) is 19.5 Å². The van der Waals surface area contributed by atoms with Crippen molar-refractivity contribution in [2.45, 2.75) is 39.5 Å². The summed E-state index contributed by atoms with van der Waals surface area (Å²) in [5.41, 5.74) is 1.09. The Morgan fingerprint density at radius 1 is 1.26 bits per heavy atom.